The predicted molar refractivity (Wildman–Crippen MR) is 82.7 cm³/mol. The summed E-state index contributed by atoms with van der Waals surface area (Å²) in [6.45, 7) is 7.70. The minimum Gasteiger partial charge on any atom is -0.340 e. The molecule has 2 rings (SSSR count). The van der Waals surface area contributed by atoms with Crippen LogP contribution in [-0.4, -0.2) is 47.9 Å². The van der Waals surface area contributed by atoms with Crippen molar-refractivity contribution in [3.8, 4) is 6.07 Å². The Bertz CT molecular complexity index is 499. The molecule has 0 N–H and O–H groups in total. The van der Waals surface area contributed by atoms with E-state index >= 15 is 0 Å². The molecule has 1 aromatic rings. The fourth-order valence-electron chi connectivity index (χ4n) is 2.80. The fourth-order valence-corrected chi connectivity index (χ4v) is 2.80. The lowest BCUT2D eigenvalue weighted by Crippen LogP contribution is -2.51. The molecule has 1 saturated heterocycles. The molecule has 0 radical (unpaired) electrons. The summed E-state index contributed by atoms with van der Waals surface area (Å²) >= 11 is 0. The average Bonchev–Trinajstić information content (AvgIpc) is 2.53. The summed E-state index contributed by atoms with van der Waals surface area (Å²) in [5, 5.41) is 9.03. The summed E-state index contributed by atoms with van der Waals surface area (Å²) in [6.07, 6.45) is 0.243. The molecular weight excluding hydrogens is 262 g/mol. The molecule has 1 aliphatic heterocycles. The van der Waals surface area contributed by atoms with Gasteiger partial charge < -0.3 is 4.90 Å². The lowest BCUT2D eigenvalue weighted by Gasteiger charge is -2.38. The van der Waals surface area contributed by atoms with Crippen molar-refractivity contribution in [2.24, 2.45) is 0 Å². The number of carbonyl (C=O) groups excluding carboxylic acids is 1. The molecule has 1 amide bonds. The van der Waals surface area contributed by atoms with Gasteiger partial charge in [0.1, 0.15) is 0 Å². The predicted octanol–water partition coefficient (Wildman–Crippen LogP) is 2.24. The topological polar surface area (TPSA) is 47.3 Å². The molecular formula is C17H23N3O. The molecule has 1 heterocycles. The number of rotatable bonds is 4. The van der Waals surface area contributed by atoms with Crippen LogP contribution in [-0.2, 0) is 4.79 Å². The molecule has 4 heteroatoms. The Morgan fingerprint density at radius 1 is 1.19 bits per heavy atom. The van der Waals surface area contributed by atoms with Crippen molar-refractivity contribution < 1.29 is 4.79 Å². The van der Waals surface area contributed by atoms with Gasteiger partial charge in [0.15, 0.2) is 0 Å². The van der Waals surface area contributed by atoms with Crippen LogP contribution in [0.3, 0.4) is 0 Å². The molecule has 1 atom stereocenters. The second-order valence-corrected chi connectivity index (χ2v) is 5.78. The van der Waals surface area contributed by atoms with E-state index in [0.717, 1.165) is 31.7 Å². The van der Waals surface area contributed by atoms with E-state index in [4.69, 9.17) is 5.26 Å². The van der Waals surface area contributed by atoms with Gasteiger partial charge in [-0.05, 0) is 19.4 Å². The summed E-state index contributed by atoms with van der Waals surface area (Å²) in [4.78, 5) is 17.0. The van der Waals surface area contributed by atoms with Crippen LogP contribution in [0.2, 0.25) is 0 Å². The standard InChI is InChI=1S/C17H23N3O/c1-14(2)19-10-12-20(13-11-19)17(21)16(8-9-18)15-6-4-3-5-7-15/h3-7,14,16H,8,10-13H2,1-2H3/t16-/m1/s1. The Morgan fingerprint density at radius 3 is 2.33 bits per heavy atom. The molecule has 1 aromatic carbocycles. The summed E-state index contributed by atoms with van der Waals surface area (Å²) < 4.78 is 0. The summed E-state index contributed by atoms with van der Waals surface area (Å²) in [6, 6.07) is 12.3. The first-order chi connectivity index (χ1) is 10.1. The number of hydrogen-bond donors (Lipinski definition) is 0. The highest BCUT2D eigenvalue weighted by molar-refractivity contribution is 5.84. The van der Waals surface area contributed by atoms with Gasteiger partial charge in [-0.3, -0.25) is 9.69 Å². The van der Waals surface area contributed by atoms with Gasteiger partial charge in [0.25, 0.3) is 0 Å². The van der Waals surface area contributed by atoms with E-state index in [1.807, 2.05) is 35.2 Å². The molecule has 21 heavy (non-hydrogen) atoms. The van der Waals surface area contributed by atoms with E-state index in [9.17, 15) is 4.79 Å². The molecule has 0 bridgehead atoms. The Labute approximate surface area is 127 Å². The zero-order chi connectivity index (χ0) is 15.2. The smallest absolute Gasteiger partial charge is 0.231 e. The largest absolute Gasteiger partial charge is 0.340 e. The van der Waals surface area contributed by atoms with E-state index < -0.39 is 0 Å². The zero-order valence-electron chi connectivity index (χ0n) is 12.8. The van der Waals surface area contributed by atoms with Gasteiger partial charge in [0.2, 0.25) is 5.91 Å². The highest BCUT2D eigenvalue weighted by Crippen LogP contribution is 2.22. The van der Waals surface area contributed by atoms with Gasteiger partial charge in [0, 0.05) is 32.2 Å². The molecule has 4 nitrogen and oxygen atoms in total. The minimum absolute atomic E-state index is 0.0890. The van der Waals surface area contributed by atoms with Crippen molar-refractivity contribution in [3.05, 3.63) is 35.9 Å². The molecule has 0 unspecified atom stereocenters. The van der Waals surface area contributed by atoms with Crippen LogP contribution in [0.25, 0.3) is 0 Å². The van der Waals surface area contributed by atoms with E-state index in [1.165, 1.54) is 0 Å². The van der Waals surface area contributed by atoms with Gasteiger partial charge in [-0.1, -0.05) is 30.3 Å². The van der Waals surface area contributed by atoms with E-state index in [1.54, 1.807) is 0 Å². The van der Waals surface area contributed by atoms with Crippen LogP contribution in [0, 0.1) is 11.3 Å². The number of amides is 1. The second-order valence-electron chi connectivity index (χ2n) is 5.78. The SMILES string of the molecule is CC(C)N1CCN(C(=O)[C@H](CC#N)c2ccccc2)CC1. The third-order valence-corrected chi connectivity index (χ3v) is 4.15. The minimum atomic E-state index is -0.332. The van der Waals surface area contributed by atoms with Crippen molar-refractivity contribution in [1.82, 2.24) is 9.80 Å². The maximum atomic E-state index is 12.7. The number of nitrogens with zero attached hydrogens (tertiary/aromatic N) is 3. The van der Waals surface area contributed by atoms with Crippen molar-refractivity contribution >= 4 is 5.91 Å². The van der Waals surface area contributed by atoms with Crippen molar-refractivity contribution in [2.45, 2.75) is 32.2 Å². The van der Waals surface area contributed by atoms with Gasteiger partial charge >= 0.3 is 0 Å². The second kappa shape index (κ2) is 7.24. The quantitative estimate of drug-likeness (QED) is 0.852. The maximum absolute atomic E-state index is 12.7. The first-order valence-electron chi connectivity index (χ1n) is 7.58. The number of carbonyl (C=O) groups is 1. The molecule has 112 valence electrons. The van der Waals surface area contributed by atoms with Crippen molar-refractivity contribution in [3.63, 3.8) is 0 Å². The van der Waals surface area contributed by atoms with Crippen LogP contribution in [0.1, 0.15) is 31.7 Å². The van der Waals surface area contributed by atoms with Gasteiger partial charge in [-0.25, -0.2) is 0 Å². The molecule has 1 aliphatic rings. The Morgan fingerprint density at radius 2 is 1.81 bits per heavy atom. The zero-order valence-corrected chi connectivity index (χ0v) is 12.8. The molecule has 0 spiro atoms. The summed E-state index contributed by atoms with van der Waals surface area (Å²) in [7, 11) is 0. The number of benzene rings is 1. The first-order valence-corrected chi connectivity index (χ1v) is 7.58. The van der Waals surface area contributed by atoms with E-state index in [2.05, 4.69) is 24.8 Å². The van der Waals surface area contributed by atoms with Crippen LogP contribution in [0.4, 0.5) is 0 Å². The van der Waals surface area contributed by atoms with Gasteiger partial charge in [0.05, 0.1) is 18.4 Å². The Kier molecular flexibility index (Phi) is 5.35. The van der Waals surface area contributed by atoms with Gasteiger partial charge in [-0.15, -0.1) is 0 Å². The normalized spacial score (nSPS) is 17.5. The maximum Gasteiger partial charge on any atom is 0.231 e. The fraction of sp³-hybridized carbons (Fsp3) is 0.529. The Hall–Kier alpha value is -1.86. The Balaban J connectivity index is 2.05. The van der Waals surface area contributed by atoms with E-state index in [0.29, 0.717) is 6.04 Å². The van der Waals surface area contributed by atoms with Gasteiger partial charge in [-0.2, -0.15) is 5.26 Å². The number of piperazine rings is 1. The highest BCUT2D eigenvalue weighted by Gasteiger charge is 2.28. The lowest BCUT2D eigenvalue weighted by atomic mass is 9.94. The first kappa shape index (κ1) is 15.5. The summed E-state index contributed by atoms with van der Waals surface area (Å²) in [5.41, 5.74) is 0.940. The van der Waals surface area contributed by atoms with Crippen LogP contribution < -0.4 is 0 Å². The summed E-state index contributed by atoms with van der Waals surface area (Å²) in [5.74, 6) is -0.243. The molecule has 0 aliphatic carbocycles. The molecule has 0 saturated carbocycles. The third kappa shape index (κ3) is 3.83. The number of hydrogen-bond acceptors (Lipinski definition) is 3. The van der Waals surface area contributed by atoms with Crippen LogP contribution in [0.5, 0.6) is 0 Å². The number of nitriles is 1. The lowest BCUT2D eigenvalue weighted by molar-refractivity contribution is -0.134. The molecule has 0 aromatic heterocycles. The monoisotopic (exact) mass is 285 g/mol. The molecule has 1 fully saturated rings. The average molecular weight is 285 g/mol. The highest BCUT2D eigenvalue weighted by atomic mass is 16.2. The van der Waals surface area contributed by atoms with Crippen molar-refractivity contribution in [1.29, 1.82) is 5.26 Å². The van der Waals surface area contributed by atoms with Crippen molar-refractivity contribution in [2.75, 3.05) is 26.2 Å². The van der Waals surface area contributed by atoms with E-state index in [-0.39, 0.29) is 18.2 Å². The third-order valence-electron chi connectivity index (χ3n) is 4.15. The van der Waals surface area contributed by atoms with Crippen LogP contribution >= 0.6 is 0 Å². The van der Waals surface area contributed by atoms with Crippen LogP contribution in [0.15, 0.2) is 30.3 Å².